The third-order valence-corrected chi connectivity index (χ3v) is 5.75. The molecule has 2 N–H and O–H groups in total. The molecular formula is C15H19NO2S2. The monoisotopic (exact) mass is 309 g/mol. The van der Waals surface area contributed by atoms with E-state index in [2.05, 4.69) is 17.2 Å². The van der Waals surface area contributed by atoms with Crippen LogP contribution in [0.3, 0.4) is 0 Å². The van der Waals surface area contributed by atoms with Crippen molar-refractivity contribution in [2.75, 3.05) is 12.4 Å². The summed E-state index contributed by atoms with van der Waals surface area (Å²) in [7, 11) is 0. The van der Waals surface area contributed by atoms with Crippen LogP contribution in [0.5, 0.6) is 0 Å². The van der Waals surface area contributed by atoms with Crippen LogP contribution in [-0.2, 0) is 11.3 Å². The van der Waals surface area contributed by atoms with E-state index < -0.39 is 0 Å². The third-order valence-electron chi connectivity index (χ3n) is 3.31. The second-order valence-electron chi connectivity index (χ2n) is 4.90. The second kappa shape index (κ2) is 7.16. The maximum Gasteiger partial charge on any atom is 0.236 e. The van der Waals surface area contributed by atoms with E-state index in [1.807, 2.05) is 18.4 Å². The fourth-order valence-corrected chi connectivity index (χ4v) is 4.11. The molecule has 0 aromatic carbocycles. The van der Waals surface area contributed by atoms with Crippen molar-refractivity contribution in [2.24, 2.45) is 0 Å². The highest BCUT2D eigenvalue weighted by Crippen LogP contribution is 2.37. The van der Waals surface area contributed by atoms with Gasteiger partial charge in [-0.25, -0.2) is 0 Å². The van der Waals surface area contributed by atoms with Crippen LogP contribution in [0.1, 0.15) is 36.6 Å². The Hall–Kier alpha value is -0.960. The predicted octanol–water partition coefficient (Wildman–Crippen LogP) is 2.38. The quantitative estimate of drug-likeness (QED) is 0.840. The zero-order valence-electron chi connectivity index (χ0n) is 11.6. The van der Waals surface area contributed by atoms with Crippen LogP contribution in [0.15, 0.2) is 11.4 Å². The van der Waals surface area contributed by atoms with E-state index in [1.165, 1.54) is 0 Å². The van der Waals surface area contributed by atoms with Gasteiger partial charge in [0.25, 0.3) is 0 Å². The molecule has 1 fully saturated rings. The van der Waals surface area contributed by atoms with E-state index >= 15 is 0 Å². The van der Waals surface area contributed by atoms with Crippen LogP contribution >= 0.6 is 23.1 Å². The highest BCUT2D eigenvalue weighted by molar-refractivity contribution is 8.01. The average Bonchev–Trinajstić information content (AvgIpc) is 3.06. The number of thiophene rings is 1. The molecule has 0 aliphatic carbocycles. The Bertz CT molecular complexity index is 521. The lowest BCUT2D eigenvalue weighted by atomic mass is 10.0. The Morgan fingerprint density at radius 2 is 2.45 bits per heavy atom. The van der Waals surface area contributed by atoms with Crippen LogP contribution < -0.4 is 5.32 Å². The highest BCUT2D eigenvalue weighted by Gasteiger charge is 2.36. The lowest BCUT2D eigenvalue weighted by Gasteiger charge is -2.21. The lowest BCUT2D eigenvalue weighted by molar-refractivity contribution is -0.123. The zero-order valence-corrected chi connectivity index (χ0v) is 13.2. The number of thioether (sulfide) groups is 1. The van der Waals surface area contributed by atoms with Crippen LogP contribution in [0.4, 0.5) is 0 Å². The normalized spacial score (nSPS) is 21.3. The summed E-state index contributed by atoms with van der Waals surface area (Å²) in [5.74, 6) is 7.16. The van der Waals surface area contributed by atoms with Crippen molar-refractivity contribution >= 4 is 29.0 Å². The molecule has 5 heteroatoms. The largest absolute Gasteiger partial charge is 0.395 e. The lowest BCUT2D eigenvalue weighted by Crippen LogP contribution is -2.39. The topological polar surface area (TPSA) is 49.3 Å². The summed E-state index contributed by atoms with van der Waals surface area (Å²) < 4.78 is -0.264. The Morgan fingerprint density at radius 1 is 1.60 bits per heavy atom. The maximum absolute atomic E-state index is 12.2. The van der Waals surface area contributed by atoms with Gasteiger partial charge < -0.3 is 10.4 Å². The molecule has 1 aromatic rings. The molecule has 1 atom stereocenters. The van der Waals surface area contributed by atoms with Gasteiger partial charge in [-0.1, -0.05) is 11.8 Å². The van der Waals surface area contributed by atoms with E-state index in [0.717, 1.165) is 29.0 Å². The standard InChI is InChI=1S/C15H19NO2S2/c1-15(7-4-9-20-15)14(18)16-11-13-12(6-10-19-13)5-2-3-8-17/h6,10,17H,3-4,7-9,11H2,1H3,(H,16,18). The molecule has 3 nitrogen and oxygen atoms in total. The Kier molecular flexibility index (Phi) is 5.53. The third kappa shape index (κ3) is 3.78. The van der Waals surface area contributed by atoms with Crippen LogP contribution in [0, 0.1) is 11.8 Å². The number of carbonyl (C=O) groups is 1. The first-order chi connectivity index (χ1) is 9.65. The molecule has 1 amide bonds. The van der Waals surface area contributed by atoms with Gasteiger partial charge in [0, 0.05) is 16.9 Å². The summed E-state index contributed by atoms with van der Waals surface area (Å²) in [4.78, 5) is 13.3. The van der Waals surface area contributed by atoms with Gasteiger partial charge >= 0.3 is 0 Å². The summed E-state index contributed by atoms with van der Waals surface area (Å²) in [6, 6.07) is 1.96. The first-order valence-corrected chi connectivity index (χ1v) is 8.60. The molecule has 1 unspecified atom stereocenters. The smallest absolute Gasteiger partial charge is 0.236 e. The molecule has 0 spiro atoms. The van der Waals surface area contributed by atoms with Crippen molar-refractivity contribution in [3.63, 3.8) is 0 Å². The van der Waals surface area contributed by atoms with Crippen LogP contribution in [0.25, 0.3) is 0 Å². The second-order valence-corrected chi connectivity index (χ2v) is 7.50. The van der Waals surface area contributed by atoms with E-state index in [0.29, 0.717) is 13.0 Å². The molecule has 20 heavy (non-hydrogen) atoms. The molecule has 0 saturated carbocycles. The van der Waals surface area contributed by atoms with E-state index in [4.69, 9.17) is 5.11 Å². The summed E-state index contributed by atoms with van der Waals surface area (Å²) in [6.07, 6.45) is 2.55. The summed E-state index contributed by atoms with van der Waals surface area (Å²) in [5, 5.41) is 13.7. The van der Waals surface area contributed by atoms with Gasteiger partial charge in [0.05, 0.1) is 17.9 Å². The Labute approximate surface area is 128 Å². The average molecular weight is 309 g/mol. The minimum atomic E-state index is -0.264. The van der Waals surface area contributed by atoms with Crippen LogP contribution in [-0.4, -0.2) is 28.1 Å². The fraction of sp³-hybridized carbons (Fsp3) is 0.533. The molecule has 108 valence electrons. The van der Waals surface area contributed by atoms with Crippen molar-refractivity contribution in [2.45, 2.75) is 37.5 Å². The molecular weight excluding hydrogens is 290 g/mol. The Balaban J connectivity index is 1.93. The number of hydrogen-bond donors (Lipinski definition) is 2. The van der Waals surface area contributed by atoms with Gasteiger partial charge in [-0.2, -0.15) is 0 Å². The number of nitrogens with one attached hydrogen (secondary N) is 1. The zero-order chi connectivity index (χ0) is 14.4. The minimum absolute atomic E-state index is 0.0821. The van der Waals surface area contributed by atoms with Gasteiger partial charge in [0.15, 0.2) is 0 Å². The maximum atomic E-state index is 12.2. The molecule has 1 saturated heterocycles. The molecule has 2 heterocycles. The SMILES string of the molecule is CC1(C(=O)NCc2sccc2C#CCCO)CCCS1. The minimum Gasteiger partial charge on any atom is -0.395 e. The first kappa shape index (κ1) is 15.4. The molecule has 0 radical (unpaired) electrons. The highest BCUT2D eigenvalue weighted by atomic mass is 32.2. The summed E-state index contributed by atoms with van der Waals surface area (Å²) in [5.41, 5.74) is 0.952. The fourth-order valence-electron chi connectivity index (χ4n) is 2.11. The molecule has 1 aliphatic heterocycles. The van der Waals surface area contributed by atoms with Gasteiger partial charge in [-0.05, 0) is 37.0 Å². The Morgan fingerprint density at radius 3 is 3.15 bits per heavy atom. The molecule has 2 rings (SSSR count). The van der Waals surface area contributed by atoms with Gasteiger partial charge in [0.2, 0.25) is 5.91 Å². The van der Waals surface area contributed by atoms with Crippen molar-refractivity contribution in [1.82, 2.24) is 5.32 Å². The number of aliphatic hydroxyl groups excluding tert-OH is 1. The summed E-state index contributed by atoms with van der Waals surface area (Å²) in [6.45, 7) is 2.64. The summed E-state index contributed by atoms with van der Waals surface area (Å²) >= 11 is 3.35. The van der Waals surface area contributed by atoms with Crippen molar-refractivity contribution < 1.29 is 9.90 Å². The molecule has 0 bridgehead atoms. The van der Waals surface area contributed by atoms with Gasteiger partial charge in [-0.15, -0.1) is 23.1 Å². The van der Waals surface area contributed by atoms with Gasteiger partial charge in [-0.3, -0.25) is 4.79 Å². The number of aliphatic hydroxyl groups is 1. The predicted molar refractivity (Wildman–Crippen MR) is 84.8 cm³/mol. The van der Waals surface area contributed by atoms with Crippen LogP contribution in [0.2, 0.25) is 0 Å². The van der Waals surface area contributed by atoms with E-state index in [-0.39, 0.29) is 17.3 Å². The van der Waals surface area contributed by atoms with E-state index in [9.17, 15) is 4.79 Å². The number of amides is 1. The molecule has 1 aliphatic rings. The van der Waals surface area contributed by atoms with Crippen molar-refractivity contribution in [1.29, 1.82) is 0 Å². The number of hydrogen-bond acceptors (Lipinski definition) is 4. The van der Waals surface area contributed by atoms with Gasteiger partial charge in [0.1, 0.15) is 0 Å². The number of carbonyl (C=O) groups excluding carboxylic acids is 1. The number of rotatable bonds is 4. The van der Waals surface area contributed by atoms with Crippen molar-refractivity contribution in [3.8, 4) is 11.8 Å². The first-order valence-electron chi connectivity index (χ1n) is 6.74. The molecule has 1 aromatic heterocycles. The van der Waals surface area contributed by atoms with E-state index in [1.54, 1.807) is 23.1 Å². The van der Waals surface area contributed by atoms with Crippen molar-refractivity contribution in [3.05, 3.63) is 21.9 Å².